The maximum absolute atomic E-state index is 11.5. The van der Waals surface area contributed by atoms with E-state index in [0.717, 1.165) is 12.1 Å². The Balaban J connectivity index is 2.34. The number of rotatable bonds is 5. The van der Waals surface area contributed by atoms with Crippen molar-refractivity contribution in [2.45, 2.75) is 25.1 Å². The molecule has 5 nitrogen and oxygen atoms in total. The van der Waals surface area contributed by atoms with Crippen LogP contribution in [0.3, 0.4) is 0 Å². The second-order valence-corrected chi connectivity index (χ2v) is 5.01. The lowest BCUT2D eigenvalue weighted by atomic mass is 10.3. The molecule has 0 saturated carbocycles. The van der Waals surface area contributed by atoms with Gasteiger partial charge in [-0.1, -0.05) is 5.21 Å². The Morgan fingerprint density at radius 1 is 1.71 bits per heavy atom. The van der Waals surface area contributed by atoms with Crippen molar-refractivity contribution in [3.63, 3.8) is 0 Å². The average Bonchev–Trinajstić information content (AvgIpc) is 2.48. The Kier molecular flexibility index (Phi) is 4.21. The van der Waals surface area contributed by atoms with Crippen LogP contribution in [0.25, 0.3) is 0 Å². The molecule has 0 aliphatic rings. The molecule has 0 bridgehead atoms. The highest BCUT2D eigenvalue weighted by atomic mass is 32.2. The lowest BCUT2D eigenvalue weighted by molar-refractivity contribution is 0.666. The quantitative estimate of drug-likeness (QED) is 0.740. The fourth-order valence-corrected chi connectivity index (χ4v) is 2.26. The van der Waals surface area contributed by atoms with Crippen molar-refractivity contribution in [1.29, 1.82) is 0 Å². The van der Waals surface area contributed by atoms with Crippen LogP contribution in [0.4, 0.5) is 0 Å². The van der Waals surface area contributed by atoms with Gasteiger partial charge in [0.1, 0.15) is 0 Å². The van der Waals surface area contributed by atoms with Crippen molar-refractivity contribution in [3.05, 3.63) is 11.9 Å². The van der Waals surface area contributed by atoms with E-state index in [1.165, 1.54) is 0 Å². The van der Waals surface area contributed by atoms with Crippen molar-refractivity contribution >= 4 is 10.8 Å². The van der Waals surface area contributed by atoms with Crippen molar-refractivity contribution in [1.82, 2.24) is 15.0 Å². The van der Waals surface area contributed by atoms with Gasteiger partial charge in [0.25, 0.3) is 0 Å². The molecule has 0 radical (unpaired) electrons. The first kappa shape index (κ1) is 11.3. The first-order chi connectivity index (χ1) is 6.58. The molecule has 0 spiro atoms. The van der Waals surface area contributed by atoms with Gasteiger partial charge < -0.3 is 5.73 Å². The normalized spacial score (nSPS) is 15.4. The summed E-state index contributed by atoms with van der Waals surface area (Å²) in [5.74, 6) is 1.11. The van der Waals surface area contributed by atoms with Crippen molar-refractivity contribution in [3.8, 4) is 0 Å². The first-order valence-corrected chi connectivity index (χ1v) is 6.02. The van der Waals surface area contributed by atoms with Crippen LogP contribution in [0.2, 0.25) is 0 Å². The predicted molar refractivity (Wildman–Crippen MR) is 56.0 cm³/mol. The summed E-state index contributed by atoms with van der Waals surface area (Å²) in [6, 6.07) is 0.112. The van der Waals surface area contributed by atoms with Gasteiger partial charge in [-0.15, -0.1) is 5.10 Å². The third-order valence-electron chi connectivity index (χ3n) is 1.76. The standard InChI is InChI=1S/C8H16N4OS/c1-7(9)3-4-14(13)6-8-5-12(2)11-10-8/h5,7H,3-4,6,9H2,1-2H3. The zero-order chi connectivity index (χ0) is 10.6. The van der Waals surface area contributed by atoms with E-state index in [-0.39, 0.29) is 6.04 Å². The third-order valence-corrected chi connectivity index (χ3v) is 3.07. The Morgan fingerprint density at radius 2 is 2.43 bits per heavy atom. The van der Waals surface area contributed by atoms with Crippen LogP contribution in [0.5, 0.6) is 0 Å². The van der Waals surface area contributed by atoms with E-state index in [1.54, 1.807) is 17.9 Å². The molecule has 1 aromatic rings. The number of nitrogens with zero attached hydrogens (tertiary/aromatic N) is 3. The molecule has 0 fully saturated rings. The van der Waals surface area contributed by atoms with E-state index < -0.39 is 10.8 Å². The van der Waals surface area contributed by atoms with Gasteiger partial charge in [0, 0.05) is 35.8 Å². The minimum atomic E-state index is -0.874. The number of hydrogen-bond acceptors (Lipinski definition) is 4. The van der Waals surface area contributed by atoms with Gasteiger partial charge in [-0.3, -0.25) is 8.89 Å². The van der Waals surface area contributed by atoms with Crippen LogP contribution in [0.1, 0.15) is 19.0 Å². The third kappa shape index (κ3) is 3.97. The topological polar surface area (TPSA) is 73.8 Å². The fraction of sp³-hybridized carbons (Fsp3) is 0.750. The van der Waals surface area contributed by atoms with E-state index >= 15 is 0 Å². The van der Waals surface area contributed by atoms with E-state index in [4.69, 9.17) is 5.73 Å². The molecule has 2 N–H and O–H groups in total. The van der Waals surface area contributed by atoms with Crippen LogP contribution in [-0.2, 0) is 23.6 Å². The highest BCUT2D eigenvalue weighted by Gasteiger charge is 2.06. The Labute approximate surface area is 86.1 Å². The van der Waals surface area contributed by atoms with Crippen LogP contribution in [0, 0.1) is 0 Å². The van der Waals surface area contributed by atoms with E-state index in [2.05, 4.69) is 10.3 Å². The van der Waals surface area contributed by atoms with Crippen LogP contribution in [0.15, 0.2) is 6.20 Å². The van der Waals surface area contributed by atoms with Gasteiger partial charge in [0.2, 0.25) is 0 Å². The zero-order valence-corrected chi connectivity index (χ0v) is 9.33. The van der Waals surface area contributed by atoms with Gasteiger partial charge in [-0.05, 0) is 13.3 Å². The molecule has 0 amide bonds. The molecule has 0 aliphatic heterocycles. The Hall–Kier alpha value is -0.750. The second kappa shape index (κ2) is 5.21. The summed E-state index contributed by atoms with van der Waals surface area (Å²) in [4.78, 5) is 0. The highest BCUT2D eigenvalue weighted by molar-refractivity contribution is 7.84. The molecule has 14 heavy (non-hydrogen) atoms. The summed E-state index contributed by atoms with van der Waals surface area (Å²) >= 11 is 0. The summed E-state index contributed by atoms with van der Waals surface area (Å²) in [6.45, 7) is 1.92. The van der Waals surface area contributed by atoms with Gasteiger partial charge in [0.05, 0.1) is 11.4 Å². The Bertz CT molecular complexity index is 310. The summed E-state index contributed by atoms with van der Waals surface area (Å²) in [5, 5.41) is 7.64. The van der Waals surface area contributed by atoms with E-state index in [0.29, 0.717) is 11.5 Å². The second-order valence-electron chi connectivity index (χ2n) is 3.44. The number of hydrogen-bond donors (Lipinski definition) is 1. The summed E-state index contributed by atoms with van der Waals surface area (Å²) in [6.07, 6.45) is 2.57. The summed E-state index contributed by atoms with van der Waals surface area (Å²) < 4.78 is 13.1. The van der Waals surface area contributed by atoms with Crippen molar-refractivity contribution < 1.29 is 4.21 Å². The van der Waals surface area contributed by atoms with Gasteiger partial charge in [0.15, 0.2) is 0 Å². The molecule has 2 unspecified atom stereocenters. The molecular formula is C8H16N4OS. The average molecular weight is 216 g/mol. The van der Waals surface area contributed by atoms with Crippen molar-refractivity contribution in [2.24, 2.45) is 12.8 Å². The molecule has 0 saturated heterocycles. The number of aryl methyl sites for hydroxylation is 1. The predicted octanol–water partition coefficient (Wildman–Crippen LogP) is -0.199. The molecule has 1 aromatic heterocycles. The molecule has 6 heteroatoms. The van der Waals surface area contributed by atoms with Gasteiger partial charge in [-0.2, -0.15) is 0 Å². The van der Waals surface area contributed by atoms with E-state index in [1.807, 2.05) is 6.92 Å². The lowest BCUT2D eigenvalue weighted by Gasteiger charge is -2.03. The van der Waals surface area contributed by atoms with Gasteiger partial charge >= 0.3 is 0 Å². The number of aromatic nitrogens is 3. The molecule has 80 valence electrons. The lowest BCUT2D eigenvalue weighted by Crippen LogP contribution is -2.18. The van der Waals surface area contributed by atoms with Crippen molar-refractivity contribution in [2.75, 3.05) is 5.75 Å². The minimum absolute atomic E-state index is 0.112. The van der Waals surface area contributed by atoms with E-state index in [9.17, 15) is 4.21 Å². The minimum Gasteiger partial charge on any atom is -0.328 e. The zero-order valence-electron chi connectivity index (χ0n) is 8.51. The Morgan fingerprint density at radius 3 is 2.93 bits per heavy atom. The van der Waals surface area contributed by atoms with Crippen LogP contribution in [-0.4, -0.2) is 31.0 Å². The van der Waals surface area contributed by atoms with Gasteiger partial charge in [-0.25, -0.2) is 0 Å². The SMILES string of the molecule is CC(N)CCS(=O)Cc1cn(C)nn1. The molecule has 1 rings (SSSR count). The number of nitrogens with two attached hydrogens (primary N) is 1. The smallest absolute Gasteiger partial charge is 0.0951 e. The van der Waals surface area contributed by atoms with Crippen LogP contribution < -0.4 is 5.73 Å². The molecular weight excluding hydrogens is 200 g/mol. The van der Waals surface area contributed by atoms with Crippen LogP contribution >= 0.6 is 0 Å². The fourth-order valence-electron chi connectivity index (χ4n) is 1.02. The highest BCUT2D eigenvalue weighted by Crippen LogP contribution is 2.00. The molecule has 0 aliphatic carbocycles. The molecule has 0 aromatic carbocycles. The summed E-state index contributed by atoms with van der Waals surface area (Å²) in [7, 11) is 0.919. The monoisotopic (exact) mass is 216 g/mol. The molecule has 2 atom stereocenters. The summed E-state index contributed by atoms with van der Waals surface area (Å²) in [5.41, 5.74) is 6.35. The maximum atomic E-state index is 11.5. The first-order valence-electron chi connectivity index (χ1n) is 4.53. The maximum Gasteiger partial charge on any atom is 0.0951 e. The molecule has 1 heterocycles. The largest absolute Gasteiger partial charge is 0.328 e.